The van der Waals surface area contributed by atoms with Crippen molar-refractivity contribution in [2.75, 3.05) is 27.6 Å². The molecule has 2 aliphatic rings. The number of ether oxygens (including phenoxy) is 5. The minimum Gasteiger partial charge on any atom is -0.497 e. The summed E-state index contributed by atoms with van der Waals surface area (Å²) in [5.41, 5.74) is 1.80. The minimum absolute atomic E-state index is 0.146. The zero-order valence-electron chi connectivity index (χ0n) is 20.5. The number of benzene rings is 2. The number of esters is 1. The van der Waals surface area contributed by atoms with Gasteiger partial charge in [-0.15, -0.1) is 0 Å². The maximum absolute atomic E-state index is 13.9. The molecule has 0 unspecified atom stereocenters. The van der Waals surface area contributed by atoms with Gasteiger partial charge < -0.3 is 23.7 Å². The highest BCUT2D eigenvalue weighted by molar-refractivity contribution is 9.10. The molecule has 2 aromatic carbocycles. The maximum Gasteiger partial charge on any atom is 0.338 e. The quantitative estimate of drug-likeness (QED) is 0.409. The third kappa shape index (κ3) is 4.42. The van der Waals surface area contributed by atoms with Crippen molar-refractivity contribution in [2.24, 2.45) is 4.99 Å². The Bertz CT molecular complexity index is 1620. The number of hydrogen-bond donors (Lipinski definition) is 0. The van der Waals surface area contributed by atoms with Crippen LogP contribution < -0.4 is 33.8 Å². The van der Waals surface area contributed by atoms with E-state index in [1.54, 1.807) is 51.3 Å². The van der Waals surface area contributed by atoms with Crippen LogP contribution in [0.3, 0.4) is 0 Å². The highest BCUT2D eigenvalue weighted by Crippen LogP contribution is 2.38. The molecule has 1 aromatic heterocycles. The number of halogens is 1. The number of carbonyl (C=O) groups excluding carboxylic acids is 1. The lowest BCUT2D eigenvalue weighted by atomic mass is 9.95. The van der Waals surface area contributed by atoms with E-state index < -0.39 is 12.0 Å². The first-order chi connectivity index (χ1) is 17.9. The molecule has 9 nitrogen and oxygen atoms in total. The number of methoxy groups -OCH3 is 2. The fraction of sp³-hybridized carbons (Fsp3) is 0.269. The van der Waals surface area contributed by atoms with Crippen molar-refractivity contribution in [3.05, 3.63) is 76.9 Å². The van der Waals surface area contributed by atoms with Crippen LogP contribution in [0.2, 0.25) is 0 Å². The molecule has 0 saturated heterocycles. The SMILES string of the molecule is CCOC(=O)C1=C(C)N=c2s/c(=C\c3cc4c(cc3Br)OCO4)c(=O)n2[C@@H]1c1ccc(OC)cc1OC. The second-order valence-corrected chi connectivity index (χ2v) is 10.0. The molecule has 0 radical (unpaired) electrons. The highest BCUT2D eigenvalue weighted by atomic mass is 79.9. The first-order valence-electron chi connectivity index (χ1n) is 11.4. The lowest BCUT2D eigenvalue weighted by Gasteiger charge is -2.26. The van der Waals surface area contributed by atoms with E-state index in [2.05, 4.69) is 20.9 Å². The van der Waals surface area contributed by atoms with Gasteiger partial charge in [-0.2, -0.15) is 0 Å². The van der Waals surface area contributed by atoms with Crippen molar-refractivity contribution in [2.45, 2.75) is 19.9 Å². The molecular formula is C26H23BrN2O7S. The largest absolute Gasteiger partial charge is 0.497 e. The van der Waals surface area contributed by atoms with E-state index in [0.717, 1.165) is 10.0 Å². The highest BCUT2D eigenvalue weighted by Gasteiger charge is 2.35. The number of fused-ring (bicyclic) bond motifs is 2. The molecule has 0 spiro atoms. The van der Waals surface area contributed by atoms with Gasteiger partial charge in [-0.1, -0.05) is 27.3 Å². The number of rotatable bonds is 6. The van der Waals surface area contributed by atoms with Crippen LogP contribution in [0.4, 0.5) is 0 Å². The Labute approximate surface area is 224 Å². The summed E-state index contributed by atoms with van der Waals surface area (Å²) in [6.45, 7) is 3.80. The van der Waals surface area contributed by atoms with Crippen molar-refractivity contribution >= 4 is 39.3 Å². The van der Waals surface area contributed by atoms with E-state index in [0.29, 0.717) is 43.6 Å². The van der Waals surface area contributed by atoms with Gasteiger partial charge in [0.2, 0.25) is 6.79 Å². The van der Waals surface area contributed by atoms with Crippen LogP contribution in [0, 0.1) is 0 Å². The molecule has 3 heterocycles. The second-order valence-electron chi connectivity index (χ2n) is 8.14. The molecule has 192 valence electrons. The molecule has 0 N–H and O–H groups in total. The molecule has 37 heavy (non-hydrogen) atoms. The van der Waals surface area contributed by atoms with Crippen molar-refractivity contribution in [1.29, 1.82) is 0 Å². The first-order valence-corrected chi connectivity index (χ1v) is 13.0. The van der Waals surface area contributed by atoms with Crippen molar-refractivity contribution in [3.63, 3.8) is 0 Å². The molecule has 0 aliphatic carbocycles. The van der Waals surface area contributed by atoms with Crippen LogP contribution in [-0.2, 0) is 9.53 Å². The van der Waals surface area contributed by atoms with Crippen molar-refractivity contribution in [3.8, 4) is 23.0 Å². The average molecular weight is 587 g/mol. The van der Waals surface area contributed by atoms with Gasteiger partial charge >= 0.3 is 5.97 Å². The Morgan fingerprint density at radius 3 is 2.68 bits per heavy atom. The summed E-state index contributed by atoms with van der Waals surface area (Å²) in [7, 11) is 3.08. The van der Waals surface area contributed by atoms with Gasteiger partial charge in [0.15, 0.2) is 16.3 Å². The molecule has 0 bridgehead atoms. The molecule has 0 saturated carbocycles. The topological polar surface area (TPSA) is 97.6 Å². The van der Waals surface area contributed by atoms with Gasteiger partial charge in [0, 0.05) is 16.1 Å². The van der Waals surface area contributed by atoms with E-state index in [4.69, 9.17) is 23.7 Å². The van der Waals surface area contributed by atoms with Gasteiger partial charge in [0.05, 0.1) is 36.6 Å². The monoisotopic (exact) mass is 586 g/mol. The number of aromatic nitrogens is 1. The molecule has 1 atom stereocenters. The maximum atomic E-state index is 13.9. The van der Waals surface area contributed by atoms with E-state index in [9.17, 15) is 9.59 Å². The molecule has 3 aromatic rings. The lowest BCUT2D eigenvalue weighted by molar-refractivity contribution is -0.139. The molecule has 2 aliphatic heterocycles. The number of hydrogen-bond acceptors (Lipinski definition) is 9. The summed E-state index contributed by atoms with van der Waals surface area (Å²) < 4.78 is 30.0. The third-order valence-electron chi connectivity index (χ3n) is 6.03. The Morgan fingerprint density at radius 1 is 1.22 bits per heavy atom. The van der Waals surface area contributed by atoms with Gasteiger partial charge in [0.1, 0.15) is 17.5 Å². The van der Waals surface area contributed by atoms with E-state index in [-0.39, 0.29) is 24.5 Å². The molecule has 11 heteroatoms. The number of allylic oxidation sites excluding steroid dienone is 1. The summed E-state index contributed by atoms with van der Waals surface area (Å²) in [4.78, 5) is 32.1. The van der Waals surface area contributed by atoms with Crippen LogP contribution in [-0.4, -0.2) is 38.2 Å². The number of carbonyl (C=O) groups is 1. The summed E-state index contributed by atoms with van der Waals surface area (Å²) in [6, 6.07) is 8.07. The Hall–Kier alpha value is -3.57. The smallest absolute Gasteiger partial charge is 0.338 e. The Kier molecular flexibility index (Phi) is 6.82. The summed E-state index contributed by atoms with van der Waals surface area (Å²) >= 11 is 4.78. The van der Waals surface area contributed by atoms with Gasteiger partial charge in [-0.3, -0.25) is 9.36 Å². The fourth-order valence-corrected chi connectivity index (χ4v) is 5.79. The molecule has 0 fully saturated rings. The predicted octanol–water partition coefficient (Wildman–Crippen LogP) is 3.31. The first kappa shape index (κ1) is 25.1. The average Bonchev–Trinajstić information content (AvgIpc) is 3.46. The zero-order valence-corrected chi connectivity index (χ0v) is 22.9. The van der Waals surface area contributed by atoms with Crippen LogP contribution in [0.25, 0.3) is 6.08 Å². The van der Waals surface area contributed by atoms with Crippen molar-refractivity contribution < 1.29 is 28.5 Å². The summed E-state index contributed by atoms with van der Waals surface area (Å²) in [5.74, 6) is 1.74. The van der Waals surface area contributed by atoms with Gasteiger partial charge in [-0.05, 0) is 49.8 Å². The van der Waals surface area contributed by atoms with Crippen LogP contribution >= 0.6 is 27.3 Å². The zero-order chi connectivity index (χ0) is 26.3. The predicted molar refractivity (Wildman–Crippen MR) is 140 cm³/mol. The second kappa shape index (κ2) is 10.1. The van der Waals surface area contributed by atoms with Crippen LogP contribution in [0.1, 0.15) is 31.0 Å². The van der Waals surface area contributed by atoms with E-state index in [1.165, 1.54) is 23.0 Å². The standard InChI is InChI=1S/C26H23BrN2O7S/c1-5-34-25(31)22-13(2)28-26-29(23(22)16-7-6-15(32-3)10-18(16)33-4)24(30)21(37-26)9-14-8-19-20(11-17(14)27)36-12-35-19/h6-11,23H,5,12H2,1-4H3/b21-9-/t23-/m1/s1. The van der Waals surface area contributed by atoms with E-state index >= 15 is 0 Å². The van der Waals surface area contributed by atoms with E-state index in [1.807, 2.05) is 6.07 Å². The Morgan fingerprint density at radius 2 is 1.97 bits per heavy atom. The number of nitrogens with zero attached hydrogens (tertiary/aromatic N) is 2. The number of thiazole rings is 1. The fourth-order valence-electron chi connectivity index (χ4n) is 4.31. The third-order valence-corrected chi connectivity index (χ3v) is 7.70. The van der Waals surface area contributed by atoms with Crippen molar-refractivity contribution in [1.82, 2.24) is 4.57 Å². The lowest BCUT2D eigenvalue weighted by Crippen LogP contribution is -2.40. The van der Waals surface area contributed by atoms with Crippen LogP contribution in [0.15, 0.2) is 55.9 Å². The molecule has 0 amide bonds. The minimum atomic E-state index is -0.807. The van der Waals surface area contributed by atoms with Gasteiger partial charge in [0.25, 0.3) is 5.56 Å². The summed E-state index contributed by atoms with van der Waals surface area (Å²) in [6.07, 6.45) is 1.77. The normalized spacial score (nSPS) is 16.4. The molecule has 5 rings (SSSR count). The van der Waals surface area contributed by atoms with Crippen LogP contribution in [0.5, 0.6) is 23.0 Å². The molecular weight excluding hydrogens is 564 g/mol. The van der Waals surface area contributed by atoms with Gasteiger partial charge in [-0.25, -0.2) is 9.79 Å². The summed E-state index contributed by atoms with van der Waals surface area (Å²) in [5, 5.41) is 0. The Balaban J connectivity index is 1.74.